The van der Waals surface area contributed by atoms with Crippen molar-refractivity contribution >= 4 is 11.6 Å². The molecule has 0 heterocycles. The molecular formula is C18H26N2O. The Morgan fingerprint density at radius 2 is 2.14 bits per heavy atom. The third-order valence-corrected chi connectivity index (χ3v) is 5.41. The van der Waals surface area contributed by atoms with Gasteiger partial charge >= 0.3 is 0 Å². The second-order valence-corrected chi connectivity index (χ2v) is 6.92. The van der Waals surface area contributed by atoms with Crippen LogP contribution < -0.4 is 5.32 Å². The second-order valence-electron chi connectivity index (χ2n) is 6.92. The highest BCUT2D eigenvalue weighted by molar-refractivity contribution is 5.99. The number of carbonyl (C=O) groups excluding carboxylic acids is 1. The van der Waals surface area contributed by atoms with Gasteiger partial charge < -0.3 is 10.2 Å². The Morgan fingerprint density at radius 1 is 1.33 bits per heavy atom. The minimum atomic E-state index is 0.144. The molecule has 114 valence electrons. The predicted octanol–water partition coefficient (Wildman–Crippen LogP) is 3.54. The molecule has 21 heavy (non-hydrogen) atoms. The molecule has 2 bridgehead atoms. The summed E-state index contributed by atoms with van der Waals surface area (Å²) in [6.07, 6.45) is 5.53. The van der Waals surface area contributed by atoms with Gasteiger partial charge in [0.2, 0.25) is 0 Å². The van der Waals surface area contributed by atoms with Gasteiger partial charge in [-0.2, -0.15) is 0 Å². The van der Waals surface area contributed by atoms with Gasteiger partial charge in [0.1, 0.15) is 0 Å². The fraction of sp³-hybridized carbons (Fsp3) is 0.611. The molecule has 2 saturated carbocycles. The molecule has 0 aromatic heterocycles. The molecule has 2 aliphatic rings. The maximum Gasteiger partial charge on any atom is 0.255 e. The van der Waals surface area contributed by atoms with Crippen LogP contribution >= 0.6 is 0 Å². The maximum absolute atomic E-state index is 12.8. The van der Waals surface area contributed by atoms with Crippen molar-refractivity contribution in [3.8, 4) is 0 Å². The lowest BCUT2D eigenvalue weighted by molar-refractivity contribution is 0.0755. The molecular weight excluding hydrogens is 260 g/mol. The van der Waals surface area contributed by atoms with E-state index in [-0.39, 0.29) is 5.91 Å². The number of rotatable bonds is 4. The van der Waals surface area contributed by atoms with Crippen LogP contribution in [0.5, 0.6) is 0 Å². The SMILES string of the molecule is CNc1ccc(C)cc1C(=O)N(C)CC1CC2CCC1C2. The molecule has 2 aliphatic carbocycles. The van der Waals surface area contributed by atoms with E-state index in [1.807, 2.05) is 44.1 Å². The van der Waals surface area contributed by atoms with Crippen molar-refractivity contribution in [2.75, 3.05) is 26.0 Å². The van der Waals surface area contributed by atoms with Crippen LogP contribution in [0.2, 0.25) is 0 Å². The number of benzene rings is 1. The summed E-state index contributed by atoms with van der Waals surface area (Å²) in [5.41, 5.74) is 2.85. The van der Waals surface area contributed by atoms with Crippen molar-refractivity contribution < 1.29 is 4.79 Å². The first-order chi connectivity index (χ1) is 10.1. The van der Waals surface area contributed by atoms with Gasteiger partial charge in [-0.25, -0.2) is 0 Å². The zero-order chi connectivity index (χ0) is 15.0. The van der Waals surface area contributed by atoms with Crippen LogP contribution in [0, 0.1) is 24.7 Å². The number of hydrogen-bond acceptors (Lipinski definition) is 2. The summed E-state index contributed by atoms with van der Waals surface area (Å²) < 4.78 is 0. The average Bonchev–Trinajstić information content (AvgIpc) is 3.09. The molecule has 0 saturated heterocycles. The van der Waals surface area contributed by atoms with Crippen molar-refractivity contribution in [1.82, 2.24) is 4.90 Å². The summed E-state index contributed by atoms with van der Waals surface area (Å²) in [5.74, 6) is 2.67. The van der Waals surface area contributed by atoms with Gasteiger partial charge in [0, 0.05) is 26.3 Å². The molecule has 0 aliphatic heterocycles. The van der Waals surface area contributed by atoms with E-state index in [2.05, 4.69) is 5.32 Å². The Morgan fingerprint density at radius 3 is 2.76 bits per heavy atom. The van der Waals surface area contributed by atoms with E-state index >= 15 is 0 Å². The third-order valence-electron chi connectivity index (χ3n) is 5.41. The predicted molar refractivity (Wildman–Crippen MR) is 86.6 cm³/mol. The van der Waals surface area contributed by atoms with Crippen LogP contribution in [0.15, 0.2) is 18.2 Å². The Kier molecular flexibility index (Phi) is 3.92. The zero-order valence-corrected chi connectivity index (χ0v) is 13.4. The van der Waals surface area contributed by atoms with Crippen LogP contribution in [-0.4, -0.2) is 31.4 Å². The summed E-state index contributed by atoms with van der Waals surface area (Å²) in [5, 5.41) is 3.13. The van der Waals surface area contributed by atoms with Crippen LogP contribution in [-0.2, 0) is 0 Å². The molecule has 0 spiro atoms. The molecule has 1 amide bonds. The Balaban J connectivity index is 1.71. The van der Waals surface area contributed by atoms with Crippen molar-refractivity contribution in [3.63, 3.8) is 0 Å². The number of nitrogens with one attached hydrogen (secondary N) is 1. The molecule has 3 unspecified atom stereocenters. The van der Waals surface area contributed by atoms with E-state index in [1.165, 1.54) is 25.7 Å². The van der Waals surface area contributed by atoms with Gasteiger partial charge in [-0.05, 0) is 56.1 Å². The molecule has 1 aromatic carbocycles. The largest absolute Gasteiger partial charge is 0.387 e. The monoisotopic (exact) mass is 286 g/mol. The van der Waals surface area contributed by atoms with E-state index in [0.29, 0.717) is 0 Å². The number of nitrogens with zero attached hydrogens (tertiary/aromatic N) is 1. The first kappa shape index (κ1) is 14.4. The molecule has 0 radical (unpaired) electrons. The van der Waals surface area contributed by atoms with Crippen molar-refractivity contribution in [1.29, 1.82) is 0 Å². The Labute approximate surface area is 127 Å². The fourth-order valence-electron chi connectivity index (χ4n) is 4.29. The van der Waals surface area contributed by atoms with Gasteiger partial charge in [-0.1, -0.05) is 18.1 Å². The maximum atomic E-state index is 12.8. The van der Waals surface area contributed by atoms with Crippen LogP contribution in [0.25, 0.3) is 0 Å². The smallest absolute Gasteiger partial charge is 0.255 e. The Bertz CT molecular complexity index is 540. The van der Waals surface area contributed by atoms with Gasteiger partial charge in [0.15, 0.2) is 0 Å². The lowest BCUT2D eigenvalue weighted by Crippen LogP contribution is -2.34. The summed E-state index contributed by atoms with van der Waals surface area (Å²) in [7, 11) is 3.83. The lowest BCUT2D eigenvalue weighted by Gasteiger charge is -2.27. The minimum absolute atomic E-state index is 0.144. The zero-order valence-electron chi connectivity index (χ0n) is 13.4. The first-order valence-corrected chi connectivity index (χ1v) is 8.12. The number of hydrogen-bond donors (Lipinski definition) is 1. The topological polar surface area (TPSA) is 32.3 Å². The summed E-state index contributed by atoms with van der Waals surface area (Å²) in [6.45, 7) is 2.95. The molecule has 3 nitrogen and oxygen atoms in total. The average molecular weight is 286 g/mol. The normalized spacial score (nSPS) is 26.9. The Hall–Kier alpha value is -1.51. The molecule has 3 atom stereocenters. The van der Waals surface area contributed by atoms with E-state index in [4.69, 9.17) is 0 Å². The quantitative estimate of drug-likeness (QED) is 0.918. The van der Waals surface area contributed by atoms with Crippen molar-refractivity contribution in [2.45, 2.75) is 32.6 Å². The number of fused-ring (bicyclic) bond motifs is 2. The van der Waals surface area contributed by atoms with Crippen LogP contribution in [0.3, 0.4) is 0 Å². The summed E-state index contributed by atoms with van der Waals surface area (Å²) in [4.78, 5) is 14.7. The molecule has 3 rings (SSSR count). The number of anilines is 1. The highest BCUT2D eigenvalue weighted by Crippen LogP contribution is 2.48. The van der Waals surface area contributed by atoms with E-state index in [1.54, 1.807) is 0 Å². The lowest BCUT2D eigenvalue weighted by atomic mass is 9.88. The van der Waals surface area contributed by atoms with Gasteiger partial charge in [-0.3, -0.25) is 4.79 Å². The molecule has 1 aromatic rings. The van der Waals surface area contributed by atoms with Gasteiger partial charge in [-0.15, -0.1) is 0 Å². The minimum Gasteiger partial charge on any atom is -0.387 e. The summed E-state index contributed by atoms with van der Waals surface area (Å²) >= 11 is 0. The standard InChI is InChI=1S/C18H26N2O/c1-12-4-7-17(19-2)16(8-12)18(21)20(3)11-15-10-13-5-6-14(15)9-13/h4,7-8,13-15,19H,5-6,9-11H2,1-3H3. The highest BCUT2D eigenvalue weighted by Gasteiger charge is 2.40. The molecule has 3 heteroatoms. The number of amides is 1. The van der Waals surface area contributed by atoms with E-state index in [9.17, 15) is 4.79 Å². The van der Waals surface area contributed by atoms with Crippen molar-refractivity contribution in [3.05, 3.63) is 29.3 Å². The van der Waals surface area contributed by atoms with Gasteiger partial charge in [0.05, 0.1) is 5.56 Å². The van der Waals surface area contributed by atoms with Crippen LogP contribution in [0.4, 0.5) is 5.69 Å². The molecule has 1 N–H and O–H groups in total. The fourth-order valence-corrected chi connectivity index (χ4v) is 4.29. The summed E-state index contributed by atoms with van der Waals surface area (Å²) in [6, 6.07) is 6.03. The van der Waals surface area contributed by atoms with Gasteiger partial charge in [0.25, 0.3) is 5.91 Å². The van der Waals surface area contributed by atoms with Crippen LogP contribution in [0.1, 0.15) is 41.6 Å². The number of carbonyl (C=O) groups is 1. The molecule has 2 fully saturated rings. The van der Waals surface area contributed by atoms with Crippen molar-refractivity contribution in [2.24, 2.45) is 17.8 Å². The second kappa shape index (κ2) is 5.70. The van der Waals surface area contributed by atoms with E-state index < -0.39 is 0 Å². The number of aryl methyl sites for hydroxylation is 1. The third kappa shape index (κ3) is 2.78. The highest BCUT2D eigenvalue weighted by atomic mass is 16.2. The first-order valence-electron chi connectivity index (χ1n) is 8.12. The van der Waals surface area contributed by atoms with E-state index in [0.717, 1.165) is 41.1 Å².